The highest BCUT2D eigenvalue weighted by Crippen LogP contribution is 2.23. The maximum Gasteiger partial charge on any atom is 0.409 e. The zero-order valence-corrected chi connectivity index (χ0v) is 15.6. The molecule has 1 amide bonds. The number of amides is 1. The number of aryl methyl sites for hydroxylation is 1. The average molecular weight is 347 g/mol. The lowest BCUT2D eigenvalue weighted by Crippen LogP contribution is -2.49. The highest BCUT2D eigenvalue weighted by atomic mass is 16.6. The molecule has 2 aliphatic heterocycles. The molecule has 1 aromatic heterocycles. The van der Waals surface area contributed by atoms with Crippen molar-refractivity contribution in [1.82, 2.24) is 14.9 Å². The number of piperazine rings is 1. The SMILES string of the molecule is CCOC(=O)N1CCN(c2cc(C)nc(N3CCC(C)CC3)n2)CC1. The summed E-state index contributed by atoms with van der Waals surface area (Å²) in [4.78, 5) is 27.6. The van der Waals surface area contributed by atoms with Gasteiger partial charge in [0.25, 0.3) is 0 Å². The van der Waals surface area contributed by atoms with Crippen molar-refractivity contribution in [2.24, 2.45) is 5.92 Å². The van der Waals surface area contributed by atoms with E-state index in [1.54, 1.807) is 4.90 Å². The Kier molecular flexibility index (Phi) is 5.60. The van der Waals surface area contributed by atoms with Gasteiger partial charge in [-0.2, -0.15) is 4.98 Å². The number of rotatable bonds is 3. The summed E-state index contributed by atoms with van der Waals surface area (Å²) in [5, 5.41) is 0. The zero-order valence-electron chi connectivity index (χ0n) is 15.6. The lowest BCUT2D eigenvalue weighted by molar-refractivity contribution is 0.105. The van der Waals surface area contributed by atoms with E-state index >= 15 is 0 Å². The summed E-state index contributed by atoms with van der Waals surface area (Å²) < 4.78 is 5.08. The number of anilines is 2. The molecule has 0 unspecified atom stereocenters. The van der Waals surface area contributed by atoms with Gasteiger partial charge in [-0.15, -0.1) is 0 Å². The summed E-state index contributed by atoms with van der Waals surface area (Å²) in [6.07, 6.45) is 2.18. The molecule has 2 fully saturated rings. The molecule has 0 spiro atoms. The number of carbonyl (C=O) groups excluding carboxylic acids is 1. The van der Waals surface area contributed by atoms with Gasteiger partial charge in [-0.1, -0.05) is 6.92 Å². The molecule has 2 aliphatic rings. The van der Waals surface area contributed by atoms with Crippen molar-refractivity contribution in [1.29, 1.82) is 0 Å². The van der Waals surface area contributed by atoms with E-state index in [4.69, 9.17) is 9.72 Å². The van der Waals surface area contributed by atoms with Gasteiger partial charge in [0.2, 0.25) is 5.95 Å². The van der Waals surface area contributed by atoms with E-state index in [9.17, 15) is 4.79 Å². The van der Waals surface area contributed by atoms with E-state index in [0.29, 0.717) is 19.7 Å². The summed E-state index contributed by atoms with van der Waals surface area (Å²) in [5.41, 5.74) is 0.992. The standard InChI is InChI=1S/C18H29N5O2/c1-4-25-18(24)23-11-9-21(10-12-23)16-13-15(3)19-17(20-16)22-7-5-14(2)6-8-22/h13-14H,4-12H2,1-3H3. The fourth-order valence-electron chi connectivity index (χ4n) is 3.38. The Hall–Kier alpha value is -2.05. The molecule has 3 heterocycles. The number of hydrogen-bond donors (Lipinski definition) is 0. The van der Waals surface area contributed by atoms with Gasteiger partial charge in [-0.25, -0.2) is 9.78 Å². The van der Waals surface area contributed by atoms with Crippen LogP contribution < -0.4 is 9.80 Å². The molecule has 0 N–H and O–H groups in total. The van der Waals surface area contributed by atoms with Gasteiger partial charge in [-0.05, 0) is 32.6 Å². The predicted molar refractivity (Wildman–Crippen MR) is 98.2 cm³/mol. The molecule has 0 saturated carbocycles. The number of ether oxygens (including phenoxy) is 1. The molecule has 138 valence electrons. The number of carbonyl (C=O) groups is 1. The van der Waals surface area contributed by atoms with Crippen molar-refractivity contribution in [3.05, 3.63) is 11.8 Å². The van der Waals surface area contributed by atoms with Crippen LogP contribution in [0.1, 0.15) is 32.4 Å². The summed E-state index contributed by atoms with van der Waals surface area (Å²) >= 11 is 0. The minimum absolute atomic E-state index is 0.218. The van der Waals surface area contributed by atoms with Gasteiger partial charge in [0.15, 0.2) is 0 Å². The number of nitrogens with zero attached hydrogens (tertiary/aromatic N) is 5. The van der Waals surface area contributed by atoms with E-state index in [2.05, 4.69) is 21.7 Å². The molecule has 7 heteroatoms. The maximum atomic E-state index is 11.8. The molecule has 0 aromatic carbocycles. The van der Waals surface area contributed by atoms with Crippen LogP contribution in [0.2, 0.25) is 0 Å². The third-order valence-corrected chi connectivity index (χ3v) is 5.03. The van der Waals surface area contributed by atoms with Crippen molar-refractivity contribution in [2.45, 2.75) is 33.6 Å². The smallest absolute Gasteiger partial charge is 0.409 e. The first kappa shape index (κ1) is 17.8. The predicted octanol–water partition coefficient (Wildman–Crippen LogP) is 2.30. The molecule has 3 rings (SSSR count). The van der Waals surface area contributed by atoms with Crippen molar-refractivity contribution >= 4 is 17.9 Å². The summed E-state index contributed by atoms with van der Waals surface area (Å²) in [6.45, 7) is 11.5. The molecular weight excluding hydrogens is 318 g/mol. The maximum absolute atomic E-state index is 11.8. The van der Waals surface area contributed by atoms with Crippen molar-refractivity contribution in [2.75, 3.05) is 55.7 Å². The topological polar surface area (TPSA) is 61.8 Å². The van der Waals surface area contributed by atoms with Gasteiger partial charge >= 0.3 is 6.09 Å². The highest BCUT2D eigenvalue weighted by molar-refractivity contribution is 5.68. The molecule has 2 saturated heterocycles. The Balaban J connectivity index is 1.66. The third kappa shape index (κ3) is 4.32. The van der Waals surface area contributed by atoms with Crippen LogP contribution in [-0.2, 0) is 4.74 Å². The van der Waals surface area contributed by atoms with E-state index < -0.39 is 0 Å². The van der Waals surface area contributed by atoms with E-state index in [1.807, 2.05) is 19.9 Å². The Morgan fingerprint density at radius 2 is 1.80 bits per heavy atom. The van der Waals surface area contributed by atoms with Gasteiger partial charge < -0.3 is 19.4 Å². The van der Waals surface area contributed by atoms with Crippen LogP contribution in [0.25, 0.3) is 0 Å². The van der Waals surface area contributed by atoms with Crippen LogP contribution >= 0.6 is 0 Å². The Morgan fingerprint density at radius 1 is 1.12 bits per heavy atom. The Labute approximate surface area is 150 Å². The monoisotopic (exact) mass is 347 g/mol. The van der Waals surface area contributed by atoms with Crippen LogP contribution in [0.4, 0.5) is 16.6 Å². The summed E-state index contributed by atoms with van der Waals surface area (Å²) in [5.74, 6) is 2.59. The van der Waals surface area contributed by atoms with Crippen LogP contribution in [0.5, 0.6) is 0 Å². The minimum atomic E-state index is -0.218. The fourth-order valence-corrected chi connectivity index (χ4v) is 3.38. The van der Waals surface area contributed by atoms with E-state index in [1.165, 1.54) is 12.8 Å². The van der Waals surface area contributed by atoms with Crippen molar-refractivity contribution in [3.63, 3.8) is 0 Å². The Morgan fingerprint density at radius 3 is 2.44 bits per heavy atom. The highest BCUT2D eigenvalue weighted by Gasteiger charge is 2.24. The van der Waals surface area contributed by atoms with Crippen LogP contribution in [-0.4, -0.2) is 66.8 Å². The van der Waals surface area contributed by atoms with Crippen molar-refractivity contribution < 1.29 is 9.53 Å². The van der Waals surface area contributed by atoms with Gasteiger partial charge in [0, 0.05) is 51.0 Å². The first-order chi connectivity index (χ1) is 12.1. The van der Waals surface area contributed by atoms with Gasteiger partial charge in [0.05, 0.1) is 6.61 Å². The quantitative estimate of drug-likeness (QED) is 0.836. The minimum Gasteiger partial charge on any atom is -0.450 e. The van der Waals surface area contributed by atoms with E-state index in [-0.39, 0.29) is 6.09 Å². The van der Waals surface area contributed by atoms with Crippen LogP contribution in [0.3, 0.4) is 0 Å². The second-order valence-corrected chi connectivity index (χ2v) is 7.01. The largest absolute Gasteiger partial charge is 0.450 e. The summed E-state index contributed by atoms with van der Waals surface area (Å²) in [7, 11) is 0. The van der Waals surface area contributed by atoms with Crippen LogP contribution in [0.15, 0.2) is 6.07 Å². The summed E-state index contributed by atoms with van der Waals surface area (Å²) in [6, 6.07) is 2.04. The molecule has 0 bridgehead atoms. The second kappa shape index (κ2) is 7.89. The number of aromatic nitrogens is 2. The van der Waals surface area contributed by atoms with Gasteiger partial charge in [0.1, 0.15) is 5.82 Å². The van der Waals surface area contributed by atoms with E-state index in [0.717, 1.165) is 49.6 Å². The normalized spacial score (nSPS) is 19.2. The first-order valence-electron chi connectivity index (χ1n) is 9.34. The zero-order chi connectivity index (χ0) is 17.8. The average Bonchev–Trinajstić information content (AvgIpc) is 2.62. The molecule has 25 heavy (non-hydrogen) atoms. The van der Waals surface area contributed by atoms with Gasteiger partial charge in [-0.3, -0.25) is 0 Å². The Bertz CT molecular complexity index is 593. The molecular formula is C18H29N5O2. The van der Waals surface area contributed by atoms with Crippen molar-refractivity contribution in [3.8, 4) is 0 Å². The molecule has 0 atom stereocenters. The molecule has 0 aliphatic carbocycles. The fraction of sp³-hybridized carbons (Fsp3) is 0.722. The third-order valence-electron chi connectivity index (χ3n) is 5.03. The lowest BCUT2D eigenvalue weighted by Gasteiger charge is -2.35. The molecule has 1 aromatic rings. The first-order valence-corrected chi connectivity index (χ1v) is 9.34. The lowest BCUT2D eigenvalue weighted by atomic mass is 10.00. The van der Waals surface area contributed by atoms with Crippen LogP contribution in [0, 0.1) is 12.8 Å². The molecule has 7 nitrogen and oxygen atoms in total. The molecule has 0 radical (unpaired) electrons. The number of piperidine rings is 1. The second-order valence-electron chi connectivity index (χ2n) is 7.01. The number of hydrogen-bond acceptors (Lipinski definition) is 6.